The predicted octanol–water partition coefficient (Wildman–Crippen LogP) is 2.06. The van der Waals surface area contributed by atoms with E-state index in [1.807, 2.05) is 17.1 Å². The van der Waals surface area contributed by atoms with Gasteiger partial charge in [-0.15, -0.1) is 0 Å². The Balaban J connectivity index is 2.05. The largest absolute Gasteiger partial charge is 0.481 e. The number of amides is 1. The number of hydrogen-bond acceptors (Lipinski definition) is 2. The highest BCUT2D eigenvalue weighted by Crippen LogP contribution is 2.28. The Labute approximate surface area is 108 Å². The molecule has 18 heavy (non-hydrogen) atoms. The summed E-state index contributed by atoms with van der Waals surface area (Å²) in [6, 6.07) is 0. The number of allylic oxidation sites excluding steroid dienone is 2. The predicted molar refractivity (Wildman–Crippen MR) is 68.0 cm³/mol. The second kappa shape index (κ2) is 6.03. The highest BCUT2D eigenvalue weighted by Gasteiger charge is 2.36. The zero-order valence-electron chi connectivity index (χ0n) is 10.7. The number of carboxylic acid groups (broad SMARTS) is 1. The van der Waals surface area contributed by atoms with E-state index in [4.69, 9.17) is 0 Å². The van der Waals surface area contributed by atoms with Gasteiger partial charge >= 0.3 is 5.97 Å². The van der Waals surface area contributed by atoms with E-state index in [1.54, 1.807) is 0 Å². The van der Waals surface area contributed by atoms with Crippen LogP contribution in [-0.4, -0.2) is 35.0 Å². The summed E-state index contributed by atoms with van der Waals surface area (Å²) in [5, 5.41) is 9.21. The van der Waals surface area contributed by atoms with E-state index in [1.165, 1.54) is 12.8 Å². The van der Waals surface area contributed by atoms with Gasteiger partial charge in [-0.3, -0.25) is 9.59 Å². The Morgan fingerprint density at radius 3 is 2.06 bits per heavy atom. The molecule has 0 aromatic heterocycles. The fourth-order valence-corrected chi connectivity index (χ4v) is 2.89. The molecule has 4 heteroatoms. The van der Waals surface area contributed by atoms with Gasteiger partial charge in [-0.2, -0.15) is 0 Å². The SMILES string of the molecule is O=C(O)C1CC=CCC1C(=O)N1CCCCCC1. The van der Waals surface area contributed by atoms with Crippen LogP contribution in [0.5, 0.6) is 0 Å². The van der Waals surface area contributed by atoms with Gasteiger partial charge in [-0.25, -0.2) is 0 Å². The summed E-state index contributed by atoms with van der Waals surface area (Å²) < 4.78 is 0. The molecule has 0 saturated carbocycles. The van der Waals surface area contributed by atoms with Gasteiger partial charge in [-0.1, -0.05) is 25.0 Å². The first-order chi connectivity index (χ1) is 8.70. The third-order valence-corrected chi connectivity index (χ3v) is 3.98. The molecule has 0 aromatic rings. The molecule has 0 spiro atoms. The van der Waals surface area contributed by atoms with Gasteiger partial charge < -0.3 is 10.0 Å². The first-order valence-electron chi connectivity index (χ1n) is 6.86. The normalized spacial score (nSPS) is 28.8. The molecular weight excluding hydrogens is 230 g/mol. The van der Waals surface area contributed by atoms with Crippen LogP contribution in [0.4, 0.5) is 0 Å². The van der Waals surface area contributed by atoms with Gasteiger partial charge in [0, 0.05) is 13.1 Å². The summed E-state index contributed by atoms with van der Waals surface area (Å²) in [6.45, 7) is 1.59. The monoisotopic (exact) mass is 251 g/mol. The Bertz CT molecular complexity index is 343. The minimum Gasteiger partial charge on any atom is -0.481 e. The van der Waals surface area contributed by atoms with E-state index in [2.05, 4.69) is 0 Å². The minimum absolute atomic E-state index is 0.0497. The van der Waals surface area contributed by atoms with Gasteiger partial charge in [0.15, 0.2) is 0 Å². The average molecular weight is 251 g/mol. The first kappa shape index (κ1) is 13.1. The molecule has 1 aliphatic heterocycles. The van der Waals surface area contributed by atoms with Crippen LogP contribution in [0.3, 0.4) is 0 Å². The highest BCUT2D eigenvalue weighted by molar-refractivity contribution is 5.85. The van der Waals surface area contributed by atoms with Crippen LogP contribution in [-0.2, 0) is 9.59 Å². The van der Waals surface area contributed by atoms with Gasteiger partial charge in [0.1, 0.15) is 0 Å². The van der Waals surface area contributed by atoms with Crippen LogP contribution < -0.4 is 0 Å². The van der Waals surface area contributed by atoms with Crippen molar-refractivity contribution in [3.05, 3.63) is 12.2 Å². The second-order valence-electron chi connectivity index (χ2n) is 5.23. The van der Waals surface area contributed by atoms with Crippen LogP contribution in [0.2, 0.25) is 0 Å². The van der Waals surface area contributed by atoms with Crippen LogP contribution >= 0.6 is 0 Å². The van der Waals surface area contributed by atoms with E-state index >= 15 is 0 Å². The lowest BCUT2D eigenvalue weighted by Gasteiger charge is -2.30. The summed E-state index contributed by atoms with van der Waals surface area (Å²) in [5.74, 6) is -1.68. The zero-order valence-corrected chi connectivity index (χ0v) is 10.7. The molecule has 2 unspecified atom stereocenters. The smallest absolute Gasteiger partial charge is 0.307 e. The zero-order chi connectivity index (χ0) is 13.0. The maximum atomic E-state index is 12.4. The van der Waals surface area contributed by atoms with Gasteiger partial charge in [0.05, 0.1) is 11.8 Å². The van der Waals surface area contributed by atoms with Crippen molar-refractivity contribution in [2.45, 2.75) is 38.5 Å². The lowest BCUT2D eigenvalue weighted by atomic mass is 9.82. The third-order valence-electron chi connectivity index (χ3n) is 3.98. The molecule has 100 valence electrons. The van der Waals surface area contributed by atoms with Crippen LogP contribution in [0.15, 0.2) is 12.2 Å². The Hall–Kier alpha value is -1.32. The molecular formula is C14H21NO3. The maximum absolute atomic E-state index is 12.4. The first-order valence-corrected chi connectivity index (χ1v) is 6.86. The van der Waals surface area contributed by atoms with E-state index in [0.717, 1.165) is 25.9 Å². The lowest BCUT2D eigenvalue weighted by molar-refractivity contribution is -0.150. The summed E-state index contributed by atoms with van der Waals surface area (Å²) in [4.78, 5) is 25.5. The van der Waals surface area contributed by atoms with Crippen molar-refractivity contribution < 1.29 is 14.7 Å². The number of carboxylic acids is 1. The van der Waals surface area contributed by atoms with Crippen molar-refractivity contribution in [1.82, 2.24) is 4.90 Å². The third kappa shape index (κ3) is 2.92. The van der Waals surface area contributed by atoms with Crippen molar-refractivity contribution >= 4 is 11.9 Å². The van der Waals surface area contributed by atoms with Gasteiger partial charge in [-0.05, 0) is 25.7 Å². The van der Waals surface area contributed by atoms with Gasteiger partial charge in [0.25, 0.3) is 0 Å². The Morgan fingerprint density at radius 2 is 1.50 bits per heavy atom. The topological polar surface area (TPSA) is 57.6 Å². The van der Waals surface area contributed by atoms with Crippen LogP contribution in [0, 0.1) is 11.8 Å². The molecule has 1 fully saturated rings. The molecule has 1 amide bonds. The van der Waals surface area contributed by atoms with Crippen LogP contribution in [0.25, 0.3) is 0 Å². The van der Waals surface area contributed by atoms with Gasteiger partial charge in [0.2, 0.25) is 5.91 Å². The molecule has 4 nitrogen and oxygen atoms in total. The molecule has 0 aromatic carbocycles. The standard InChI is InChI=1S/C14H21NO3/c16-13(15-9-5-1-2-6-10-15)11-7-3-4-8-12(11)14(17)18/h3-4,11-12H,1-2,5-10H2,(H,17,18). The Kier molecular flexibility index (Phi) is 4.39. The summed E-state index contributed by atoms with van der Waals surface area (Å²) >= 11 is 0. The van der Waals surface area contributed by atoms with Crippen molar-refractivity contribution in [2.75, 3.05) is 13.1 Å². The molecule has 1 N–H and O–H groups in total. The number of aliphatic carboxylic acids is 1. The summed E-state index contributed by atoms with van der Waals surface area (Å²) in [7, 11) is 0. The number of carbonyl (C=O) groups excluding carboxylic acids is 1. The van der Waals surface area contributed by atoms with E-state index < -0.39 is 11.9 Å². The van der Waals surface area contributed by atoms with E-state index in [-0.39, 0.29) is 11.8 Å². The van der Waals surface area contributed by atoms with Crippen molar-refractivity contribution in [1.29, 1.82) is 0 Å². The molecule has 1 saturated heterocycles. The molecule has 1 aliphatic carbocycles. The average Bonchev–Trinajstić information content (AvgIpc) is 2.66. The number of likely N-dealkylation sites (tertiary alicyclic amines) is 1. The number of hydrogen-bond donors (Lipinski definition) is 1. The van der Waals surface area contributed by atoms with Crippen molar-refractivity contribution in [2.24, 2.45) is 11.8 Å². The molecule has 2 rings (SSSR count). The molecule has 0 radical (unpaired) electrons. The molecule has 0 bridgehead atoms. The molecule has 2 aliphatic rings. The van der Waals surface area contributed by atoms with Crippen molar-refractivity contribution in [3.63, 3.8) is 0 Å². The van der Waals surface area contributed by atoms with E-state index in [9.17, 15) is 14.7 Å². The highest BCUT2D eigenvalue weighted by atomic mass is 16.4. The number of rotatable bonds is 2. The van der Waals surface area contributed by atoms with Crippen molar-refractivity contribution in [3.8, 4) is 0 Å². The summed E-state index contributed by atoms with van der Waals surface area (Å²) in [5.41, 5.74) is 0. The minimum atomic E-state index is -0.840. The van der Waals surface area contributed by atoms with E-state index in [0.29, 0.717) is 12.8 Å². The fraction of sp³-hybridized carbons (Fsp3) is 0.714. The van der Waals surface area contributed by atoms with Crippen LogP contribution in [0.1, 0.15) is 38.5 Å². The fourth-order valence-electron chi connectivity index (χ4n) is 2.89. The number of carbonyl (C=O) groups is 2. The number of nitrogens with zero attached hydrogens (tertiary/aromatic N) is 1. The molecule has 2 atom stereocenters. The maximum Gasteiger partial charge on any atom is 0.307 e. The lowest BCUT2D eigenvalue weighted by Crippen LogP contribution is -2.42. The Morgan fingerprint density at radius 1 is 0.944 bits per heavy atom. The molecule has 1 heterocycles. The summed E-state index contributed by atoms with van der Waals surface area (Å²) in [6.07, 6.45) is 9.34. The quantitative estimate of drug-likeness (QED) is 0.764. The second-order valence-corrected chi connectivity index (χ2v) is 5.23.